The predicted molar refractivity (Wildman–Crippen MR) is 89.4 cm³/mol. The van der Waals surface area contributed by atoms with Crippen LogP contribution in [0.4, 0.5) is 5.69 Å². The Balaban J connectivity index is 1.85. The molecule has 1 heterocycles. The van der Waals surface area contributed by atoms with Gasteiger partial charge < -0.3 is 0 Å². The minimum Gasteiger partial charge on any atom is -0.282 e. The van der Waals surface area contributed by atoms with Gasteiger partial charge in [-0.3, -0.25) is 9.71 Å². The Bertz CT molecular complexity index is 926. The molecule has 0 amide bonds. The molecule has 0 aliphatic carbocycles. The second-order valence-corrected chi connectivity index (χ2v) is 7.00. The number of nitrogens with zero attached hydrogens (tertiary/aromatic N) is 1. The van der Waals surface area contributed by atoms with E-state index in [9.17, 15) is 8.42 Å². The Hall–Kier alpha value is -2.11. The quantitative estimate of drug-likeness (QED) is 0.790. The summed E-state index contributed by atoms with van der Waals surface area (Å²) >= 11 is 6.01. The molecule has 0 fully saturated rings. The lowest BCUT2D eigenvalue weighted by Gasteiger charge is -2.09. The number of hydrogen-bond acceptors (Lipinski definition) is 3. The van der Waals surface area contributed by atoms with Gasteiger partial charge in [-0.15, -0.1) is 0 Å². The smallest absolute Gasteiger partial charge is 0.237 e. The molecule has 0 unspecified atom stereocenters. The van der Waals surface area contributed by atoms with Gasteiger partial charge in [0.25, 0.3) is 0 Å². The number of anilines is 1. The number of benzene rings is 2. The Morgan fingerprint density at radius 2 is 1.77 bits per heavy atom. The molecular weight excluding hydrogens is 320 g/mol. The van der Waals surface area contributed by atoms with Crippen LogP contribution < -0.4 is 4.72 Å². The molecular formula is C16H13ClN2O2S. The molecule has 2 aromatic carbocycles. The summed E-state index contributed by atoms with van der Waals surface area (Å²) in [7, 11) is -3.55. The first-order chi connectivity index (χ1) is 10.5. The number of pyridine rings is 1. The molecule has 3 aromatic rings. The van der Waals surface area contributed by atoms with E-state index in [4.69, 9.17) is 11.6 Å². The first-order valence-electron chi connectivity index (χ1n) is 6.62. The summed E-state index contributed by atoms with van der Waals surface area (Å²) in [5.41, 5.74) is 1.81. The first-order valence-corrected chi connectivity index (χ1v) is 8.65. The van der Waals surface area contributed by atoms with E-state index in [1.807, 2.05) is 24.3 Å². The molecule has 1 aromatic heterocycles. The lowest BCUT2D eigenvalue weighted by molar-refractivity contribution is 0.600. The van der Waals surface area contributed by atoms with Gasteiger partial charge in [0, 0.05) is 10.4 Å². The predicted octanol–water partition coefficient (Wildman–Crippen LogP) is 3.83. The van der Waals surface area contributed by atoms with E-state index in [0.29, 0.717) is 16.3 Å². The second-order valence-electron chi connectivity index (χ2n) is 4.87. The Kier molecular flexibility index (Phi) is 4.00. The molecule has 0 aliphatic rings. The van der Waals surface area contributed by atoms with E-state index < -0.39 is 10.0 Å². The van der Waals surface area contributed by atoms with E-state index >= 15 is 0 Å². The SMILES string of the molecule is O=S(=O)(Cc1ccccc1Cl)Nc1cnc2ccccc2c1. The van der Waals surface area contributed by atoms with Crippen LogP contribution >= 0.6 is 11.6 Å². The van der Waals surface area contributed by atoms with Gasteiger partial charge in [-0.1, -0.05) is 48.0 Å². The van der Waals surface area contributed by atoms with Crippen molar-refractivity contribution in [3.63, 3.8) is 0 Å². The molecule has 112 valence electrons. The number of para-hydroxylation sites is 1. The van der Waals surface area contributed by atoms with Crippen LogP contribution in [0.1, 0.15) is 5.56 Å². The van der Waals surface area contributed by atoms with Crippen molar-refractivity contribution < 1.29 is 8.42 Å². The van der Waals surface area contributed by atoms with Gasteiger partial charge in [0.2, 0.25) is 10.0 Å². The fourth-order valence-corrected chi connectivity index (χ4v) is 3.65. The summed E-state index contributed by atoms with van der Waals surface area (Å²) in [6.45, 7) is 0. The fourth-order valence-electron chi connectivity index (χ4n) is 2.16. The molecule has 22 heavy (non-hydrogen) atoms. The summed E-state index contributed by atoms with van der Waals surface area (Å²) in [6.07, 6.45) is 1.51. The Morgan fingerprint density at radius 3 is 2.59 bits per heavy atom. The molecule has 0 atom stereocenters. The second kappa shape index (κ2) is 5.94. The van der Waals surface area contributed by atoms with Crippen molar-refractivity contribution >= 4 is 38.2 Å². The molecule has 0 radical (unpaired) electrons. The van der Waals surface area contributed by atoms with Crippen molar-refractivity contribution in [1.82, 2.24) is 4.98 Å². The maximum absolute atomic E-state index is 12.3. The number of aromatic nitrogens is 1. The summed E-state index contributed by atoms with van der Waals surface area (Å²) < 4.78 is 27.1. The molecule has 0 bridgehead atoms. The largest absolute Gasteiger partial charge is 0.282 e. The highest BCUT2D eigenvalue weighted by molar-refractivity contribution is 7.91. The normalized spacial score (nSPS) is 11.5. The lowest BCUT2D eigenvalue weighted by Crippen LogP contribution is -2.15. The lowest BCUT2D eigenvalue weighted by atomic mass is 10.2. The highest BCUT2D eigenvalue weighted by Crippen LogP contribution is 2.21. The third-order valence-electron chi connectivity index (χ3n) is 3.17. The fraction of sp³-hybridized carbons (Fsp3) is 0.0625. The standard InChI is InChI=1S/C16H13ClN2O2S/c17-15-7-3-1-6-13(15)11-22(20,21)19-14-9-12-5-2-4-8-16(12)18-10-14/h1-10,19H,11H2. The van der Waals surface area contributed by atoms with Gasteiger partial charge in [0.1, 0.15) is 0 Å². The van der Waals surface area contributed by atoms with E-state index in [1.165, 1.54) is 6.20 Å². The van der Waals surface area contributed by atoms with E-state index in [1.54, 1.807) is 30.3 Å². The van der Waals surface area contributed by atoms with Crippen LogP contribution in [0.15, 0.2) is 60.8 Å². The van der Waals surface area contributed by atoms with Gasteiger partial charge >= 0.3 is 0 Å². The first kappa shape index (κ1) is 14.8. The van der Waals surface area contributed by atoms with Gasteiger partial charge in [-0.05, 0) is 23.8 Å². The third kappa shape index (κ3) is 3.37. The van der Waals surface area contributed by atoms with Crippen molar-refractivity contribution in [2.45, 2.75) is 5.75 Å². The summed E-state index contributed by atoms with van der Waals surface area (Å²) in [6, 6.07) is 16.2. The third-order valence-corrected chi connectivity index (χ3v) is 4.77. The van der Waals surface area contributed by atoms with Crippen molar-refractivity contribution in [3.8, 4) is 0 Å². The van der Waals surface area contributed by atoms with Crippen LogP contribution in [0.5, 0.6) is 0 Å². The molecule has 0 saturated carbocycles. The highest BCUT2D eigenvalue weighted by atomic mass is 35.5. The number of nitrogens with one attached hydrogen (secondary N) is 1. The van der Waals surface area contributed by atoms with Crippen LogP contribution in [0.3, 0.4) is 0 Å². The van der Waals surface area contributed by atoms with Gasteiger partial charge in [-0.25, -0.2) is 8.42 Å². The zero-order valence-electron chi connectivity index (χ0n) is 11.5. The molecule has 1 N–H and O–H groups in total. The van der Waals surface area contributed by atoms with Crippen molar-refractivity contribution in [1.29, 1.82) is 0 Å². The number of hydrogen-bond donors (Lipinski definition) is 1. The molecule has 6 heteroatoms. The zero-order valence-corrected chi connectivity index (χ0v) is 13.1. The highest BCUT2D eigenvalue weighted by Gasteiger charge is 2.14. The van der Waals surface area contributed by atoms with E-state index in [-0.39, 0.29) is 5.75 Å². The monoisotopic (exact) mass is 332 g/mol. The molecule has 3 rings (SSSR count). The van der Waals surface area contributed by atoms with Crippen LogP contribution in [0, 0.1) is 0 Å². The van der Waals surface area contributed by atoms with Crippen LogP contribution in [-0.4, -0.2) is 13.4 Å². The average Bonchev–Trinajstić information content (AvgIpc) is 2.49. The zero-order chi connectivity index (χ0) is 15.6. The maximum atomic E-state index is 12.3. The summed E-state index contributed by atoms with van der Waals surface area (Å²) in [5, 5.41) is 1.31. The van der Waals surface area contributed by atoms with Crippen molar-refractivity contribution in [3.05, 3.63) is 71.4 Å². The topological polar surface area (TPSA) is 59.1 Å². The van der Waals surface area contributed by atoms with Crippen molar-refractivity contribution in [2.24, 2.45) is 0 Å². The summed E-state index contributed by atoms with van der Waals surface area (Å²) in [4.78, 5) is 4.24. The van der Waals surface area contributed by atoms with Crippen LogP contribution in [0.25, 0.3) is 10.9 Å². The Morgan fingerprint density at radius 1 is 1.05 bits per heavy atom. The van der Waals surface area contributed by atoms with E-state index in [2.05, 4.69) is 9.71 Å². The van der Waals surface area contributed by atoms with Crippen molar-refractivity contribution in [2.75, 3.05) is 4.72 Å². The summed E-state index contributed by atoms with van der Waals surface area (Å²) in [5.74, 6) is -0.181. The van der Waals surface area contributed by atoms with Crippen LogP contribution in [-0.2, 0) is 15.8 Å². The minimum atomic E-state index is -3.55. The van der Waals surface area contributed by atoms with Crippen LogP contribution in [0.2, 0.25) is 5.02 Å². The number of fused-ring (bicyclic) bond motifs is 1. The minimum absolute atomic E-state index is 0.181. The van der Waals surface area contributed by atoms with Gasteiger partial charge in [-0.2, -0.15) is 0 Å². The molecule has 0 saturated heterocycles. The van der Waals surface area contributed by atoms with E-state index in [0.717, 1.165) is 10.9 Å². The molecule has 0 aliphatic heterocycles. The van der Waals surface area contributed by atoms with Gasteiger partial charge in [0.15, 0.2) is 0 Å². The molecule has 0 spiro atoms. The van der Waals surface area contributed by atoms with Gasteiger partial charge in [0.05, 0.1) is 23.2 Å². The number of sulfonamides is 1. The number of rotatable bonds is 4. The average molecular weight is 333 g/mol. The Labute approximate surface area is 133 Å². The number of halogens is 1. The maximum Gasteiger partial charge on any atom is 0.237 e. The molecule has 4 nitrogen and oxygen atoms in total.